The van der Waals surface area contributed by atoms with Crippen LogP contribution in [0.4, 0.5) is 0 Å². The molecule has 0 aliphatic carbocycles. The highest BCUT2D eigenvalue weighted by molar-refractivity contribution is 5.96. The molecule has 0 aromatic carbocycles. The SMILES string of the molecule is COC(OC)C(=O)c1ccn(C)n1. The van der Waals surface area contributed by atoms with Crippen LogP contribution in [-0.4, -0.2) is 36.1 Å². The van der Waals surface area contributed by atoms with Gasteiger partial charge >= 0.3 is 0 Å². The zero-order valence-electron chi connectivity index (χ0n) is 7.85. The quantitative estimate of drug-likeness (QED) is 0.496. The lowest BCUT2D eigenvalue weighted by molar-refractivity contribution is -0.0744. The molecule has 1 rings (SSSR count). The summed E-state index contributed by atoms with van der Waals surface area (Å²) in [6.07, 6.45) is 0.824. The Labute approximate surface area is 76.3 Å². The molecule has 5 heteroatoms. The van der Waals surface area contributed by atoms with Crippen LogP contribution in [-0.2, 0) is 16.5 Å². The van der Waals surface area contributed by atoms with Crippen LogP contribution >= 0.6 is 0 Å². The van der Waals surface area contributed by atoms with Crippen molar-refractivity contribution in [3.8, 4) is 0 Å². The molecule has 13 heavy (non-hydrogen) atoms. The van der Waals surface area contributed by atoms with Gasteiger partial charge in [-0.2, -0.15) is 5.10 Å². The number of nitrogens with zero attached hydrogens (tertiary/aromatic N) is 2. The first-order chi connectivity index (χ1) is 6.19. The van der Waals surface area contributed by atoms with Gasteiger partial charge < -0.3 is 9.47 Å². The van der Waals surface area contributed by atoms with E-state index in [1.54, 1.807) is 24.0 Å². The number of ketones is 1. The first-order valence-electron chi connectivity index (χ1n) is 3.78. The van der Waals surface area contributed by atoms with E-state index in [4.69, 9.17) is 9.47 Å². The Morgan fingerprint density at radius 3 is 2.54 bits per heavy atom. The van der Waals surface area contributed by atoms with Crippen molar-refractivity contribution in [3.63, 3.8) is 0 Å². The van der Waals surface area contributed by atoms with Gasteiger partial charge in [0.05, 0.1) is 0 Å². The summed E-state index contributed by atoms with van der Waals surface area (Å²) in [7, 11) is 4.56. The van der Waals surface area contributed by atoms with Crippen LogP contribution in [0.3, 0.4) is 0 Å². The van der Waals surface area contributed by atoms with Gasteiger partial charge in [0.25, 0.3) is 0 Å². The van der Waals surface area contributed by atoms with Gasteiger partial charge in [0.1, 0.15) is 5.69 Å². The highest BCUT2D eigenvalue weighted by atomic mass is 16.7. The minimum Gasteiger partial charge on any atom is -0.349 e. The normalized spacial score (nSPS) is 10.8. The van der Waals surface area contributed by atoms with E-state index in [0.29, 0.717) is 5.69 Å². The van der Waals surface area contributed by atoms with Crippen LogP contribution < -0.4 is 0 Å². The topological polar surface area (TPSA) is 53.4 Å². The van der Waals surface area contributed by atoms with E-state index >= 15 is 0 Å². The van der Waals surface area contributed by atoms with Crippen LogP contribution in [0.15, 0.2) is 12.3 Å². The Bertz CT molecular complexity index is 291. The largest absolute Gasteiger partial charge is 0.349 e. The van der Waals surface area contributed by atoms with Gasteiger partial charge in [-0.05, 0) is 6.07 Å². The lowest BCUT2D eigenvalue weighted by Crippen LogP contribution is -2.25. The van der Waals surface area contributed by atoms with Crippen molar-refractivity contribution < 1.29 is 14.3 Å². The summed E-state index contributed by atoms with van der Waals surface area (Å²) in [5, 5.41) is 3.93. The molecular weight excluding hydrogens is 172 g/mol. The summed E-state index contributed by atoms with van der Waals surface area (Å²) in [6.45, 7) is 0. The number of carbonyl (C=O) groups is 1. The van der Waals surface area contributed by atoms with Crippen LogP contribution in [0.1, 0.15) is 10.5 Å². The fraction of sp³-hybridized carbons (Fsp3) is 0.500. The van der Waals surface area contributed by atoms with Crippen LogP contribution in [0, 0.1) is 0 Å². The van der Waals surface area contributed by atoms with Gasteiger partial charge in [0, 0.05) is 27.5 Å². The molecule has 0 saturated heterocycles. The second-order valence-corrected chi connectivity index (χ2v) is 2.54. The maximum atomic E-state index is 11.5. The Balaban J connectivity index is 2.78. The molecule has 0 spiro atoms. The van der Waals surface area contributed by atoms with Crippen molar-refractivity contribution in [1.82, 2.24) is 9.78 Å². The number of methoxy groups -OCH3 is 2. The Morgan fingerprint density at radius 1 is 1.54 bits per heavy atom. The molecule has 0 unspecified atom stereocenters. The average molecular weight is 184 g/mol. The van der Waals surface area contributed by atoms with Crippen molar-refractivity contribution in [2.45, 2.75) is 6.29 Å². The molecule has 0 aliphatic heterocycles. The van der Waals surface area contributed by atoms with E-state index in [9.17, 15) is 4.79 Å². The number of ether oxygens (including phenoxy) is 2. The molecule has 1 aromatic heterocycles. The molecular formula is C8H12N2O3. The van der Waals surface area contributed by atoms with E-state index in [-0.39, 0.29) is 5.78 Å². The fourth-order valence-corrected chi connectivity index (χ4v) is 0.978. The summed E-state index contributed by atoms with van der Waals surface area (Å²) in [4.78, 5) is 11.5. The molecule has 0 amide bonds. The first-order valence-corrected chi connectivity index (χ1v) is 3.78. The van der Waals surface area contributed by atoms with E-state index in [2.05, 4.69) is 5.10 Å². The Hall–Kier alpha value is -1.20. The number of carbonyl (C=O) groups excluding carboxylic acids is 1. The molecule has 0 radical (unpaired) electrons. The molecule has 0 bridgehead atoms. The van der Waals surface area contributed by atoms with Gasteiger partial charge in [-0.25, -0.2) is 0 Å². The summed E-state index contributed by atoms with van der Waals surface area (Å²) < 4.78 is 11.2. The molecule has 72 valence electrons. The number of hydrogen-bond donors (Lipinski definition) is 0. The lowest BCUT2D eigenvalue weighted by atomic mass is 10.3. The third kappa shape index (κ3) is 2.13. The summed E-state index contributed by atoms with van der Waals surface area (Å²) in [5.74, 6) is -0.273. The molecule has 0 atom stereocenters. The number of aromatic nitrogens is 2. The minimum absolute atomic E-state index is 0.273. The maximum Gasteiger partial charge on any atom is 0.238 e. The van der Waals surface area contributed by atoms with Gasteiger partial charge in [0.15, 0.2) is 0 Å². The van der Waals surface area contributed by atoms with Crippen molar-refractivity contribution in [2.24, 2.45) is 7.05 Å². The van der Waals surface area contributed by atoms with Gasteiger partial charge in [-0.3, -0.25) is 9.48 Å². The van der Waals surface area contributed by atoms with Crippen LogP contribution in [0.2, 0.25) is 0 Å². The Kier molecular flexibility index (Phi) is 3.16. The lowest BCUT2D eigenvalue weighted by Gasteiger charge is -2.09. The standard InChI is InChI=1S/C8H12N2O3/c1-10-5-4-6(9-10)7(11)8(12-2)13-3/h4-5,8H,1-3H3. The van der Waals surface area contributed by atoms with E-state index in [1.807, 2.05) is 0 Å². The van der Waals surface area contributed by atoms with Gasteiger partial charge in [-0.15, -0.1) is 0 Å². The van der Waals surface area contributed by atoms with Crippen molar-refractivity contribution in [1.29, 1.82) is 0 Å². The number of rotatable bonds is 4. The van der Waals surface area contributed by atoms with Crippen molar-refractivity contribution in [2.75, 3.05) is 14.2 Å². The highest BCUT2D eigenvalue weighted by Gasteiger charge is 2.20. The number of Topliss-reactive ketones (excluding diaryl/α,β-unsaturated/α-hetero) is 1. The number of hydrogen-bond acceptors (Lipinski definition) is 4. The predicted octanol–water partition coefficient (Wildman–Crippen LogP) is 0.222. The summed E-state index contributed by atoms with van der Waals surface area (Å²) in [6, 6.07) is 1.62. The monoisotopic (exact) mass is 184 g/mol. The zero-order valence-corrected chi connectivity index (χ0v) is 7.85. The zero-order chi connectivity index (χ0) is 9.84. The molecule has 1 aromatic rings. The van der Waals surface area contributed by atoms with E-state index in [0.717, 1.165) is 0 Å². The van der Waals surface area contributed by atoms with Crippen molar-refractivity contribution in [3.05, 3.63) is 18.0 Å². The molecule has 0 aliphatic rings. The smallest absolute Gasteiger partial charge is 0.238 e. The minimum atomic E-state index is -0.866. The summed E-state index contributed by atoms with van der Waals surface area (Å²) >= 11 is 0. The third-order valence-corrected chi connectivity index (χ3v) is 1.61. The van der Waals surface area contributed by atoms with E-state index in [1.165, 1.54) is 14.2 Å². The van der Waals surface area contributed by atoms with Crippen LogP contribution in [0.25, 0.3) is 0 Å². The molecule has 5 nitrogen and oxygen atoms in total. The summed E-state index contributed by atoms with van der Waals surface area (Å²) in [5.41, 5.74) is 0.344. The van der Waals surface area contributed by atoms with Crippen molar-refractivity contribution >= 4 is 5.78 Å². The van der Waals surface area contributed by atoms with Gasteiger partial charge in [-0.1, -0.05) is 0 Å². The maximum absolute atomic E-state index is 11.5. The molecule has 0 N–H and O–H groups in total. The second kappa shape index (κ2) is 4.15. The Morgan fingerprint density at radius 2 is 2.15 bits per heavy atom. The molecule has 0 fully saturated rings. The average Bonchev–Trinajstić information content (AvgIpc) is 2.54. The second-order valence-electron chi connectivity index (χ2n) is 2.54. The number of aryl methyl sites for hydroxylation is 1. The van der Waals surface area contributed by atoms with Crippen LogP contribution in [0.5, 0.6) is 0 Å². The predicted molar refractivity (Wildman–Crippen MR) is 45.3 cm³/mol. The third-order valence-electron chi connectivity index (χ3n) is 1.61. The van der Waals surface area contributed by atoms with E-state index < -0.39 is 6.29 Å². The van der Waals surface area contributed by atoms with Gasteiger partial charge in [0.2, 0.25) is 12.1 Å². The first kappa shape index (κ1) is 9.88. The highest BCUT2D eigenvalue weighted by Crippen LogP contribution is 2.03. The molecule has 1 heterocycles. The molecule has 0 saturated carbocycles. The fourth-order valence-electron chi connectivity index (χ4n) is 0.978.